The minimum absolute atomic E-state index is 0.0920. The molecule has 3 N–H and O–H groups in total. The van der Waals surface area contributed by atoms with Gasteiger partial charge in [0.05, 0.1) is 11.5 Å². The van der Waals surface area contributed by atoms with Crippen LogP contribution in [0.5, 0.6) is 0 Å². The highest BCUT2D eigenvalue weighted by Gasteiger charge is 2.14. The first-order chi connectivity index (χ1) is 11.1. The Balaban J connectivity index is 1.93. The SMILES string of the molecule is O=C(CCNc1cc(CO)ccc1[N+](=O)[O-])Nc1ccccc1. The summed E-state index contributed by atoms with van der Waals surface area (Å²) in [4.78, 5) is 22.3. The molecule has 1 amide bonds. The fourth-order valence-corrected chi connectivity index (χ4v) is 2.04. The number of nitrogens with zero attached hydrogens (tertiary/aromatic N) is 1. The van der Waals surface area contributed by atoms with Gasteiger partial charge in [-0.3, -0.25) is 14.9 Å². The Bertz CT molecular complexity index is 689. The molecule has 0 unspecified atom stereocenters. The van der Waals surface area contributed by atoms with Crippen LogP contribution in [0.1, 0.15) is 12.0 Å². The zero-order valence-electron chi connectivity index (χ0n) is 12.4. The number of anilines is 2. The third kappa shape index (κ3) is 4.79. The van der Waals surface area contributed by atoms with Crippen LogP contribution in [-0.2, 0) is 11.4 Å². The first-order valence-corrected chi connectivity index (χ1v) is 7.07. The van der Waals surface area contributed by atoms with Gasteiger partial charge in [-0.15, -0.1) is 0 Å². The summed E-state index contributed by atoms with van der Waals surface area (Å²) in [5.74, 6) is -0.190. The number of hydrogen-bond donors (Lipinski definition) is 3. The van der Waals surface area contributed by atoms with Crippen molar-refractivity contribution >= 4 is 23.0 Å². The van der Waals surface area contributed by atoms with Crippen LogP contribution < -0.4 is 10.6 Å². The molecule has 0 saturated heterocycles. The van der Waals surface area contributed by atoms with Crippen molar-refractivity contribution in [1.82, 2.24) is 0 Å². The number of benzene rings is 2. The van der Waals surface area contributed by atoms with Gasteiger partial charge in [0.15, 0.2) is 0 Å². The van der Waals surface area contributed by atoms with E-state index in [2.05, 4.69) is 10.6 Å². The molecule has 0 aliphatic heterocycles. The van der Waals surface area contributed by atoms with Gasteiger partial charge in [-0.1, -0.05) is 18.2 Å². The van der Waals surface area contributed by atoms with Crippen molar-refractivity contribution in [3.8, 4) is 0 Å². The van der Waals surface area contributed by atoms with E-state index in [1.807, 2.05) is 18.2 Å². The van der Waals surface area contributed by atoms with Crippen molar-refractivity contribution < 1.29 is 14.8 Å². The molecule has 120 valence electrons. The number of nitrogens with one attached hydrogen (secondary N) is 2. The summed E-state index contributed by atoms with van der Waals surface area (Å²) in [5, 5.41) is 25.7. The summed E-state index contributed by atoms with van der Waals surface area (Å²) in [6.07, 6.45) is 0.162. The van der Waals surface area contributed by atoms with Gasteiger partial charge in [0.1, 0.15) is 5.69 Å². The Morgan fingerprint density at radius 1 is 1.17 bits per heavy atom. The normalized spacial score (nSPS) is 10.1. The third-order valence-electron chi connectivity index (χ3n) is 3.17. The van der Waals surface area contributed by atoms with E-state index >= 15 is 0 Å². The lowest BCUT2D eigenvalue weighted by atomic mass is 10.2. The fourth-order valence-electron chi connectivity index (χ4n) is 2.04. The predicted molar refractivity (Wildman–Crippen MR) is 87.2 cm³/mol. The second-order valence-corrected chi connectivity index (χ2v) is 4.86. The van der Waals surface area contributed by atoms with Gasteiger partial charge in [0.2, 0.25) is 5.91 Å². The Morgan fingerprint density at radius 2 is 1.91 bits per heavy atom. The molecule has 0 aliphatic rings. The molecule has 0 atom stereocenters. The van der Waals surface area contributed by atoms with Crippen LogP contribution in [0, 0.1) is 10.1 Å². The fraction of sp³-hybridized carbons (Fsp3) is 0.188. The van der Waals surface area contributed by atoms with E-state index in [0.717, 1.165) is 0 Å². The quantitative estimate of drug-likeness (QED) is 0.538. The van der Waals surface area contributed by atoms with Crippen LogP contribution in [0.2, 0.25) is 0 Å². The predicted octanol–water partition coefficient (Wildman–Crippen LogP) is 2.53. The number of aliphatic hydroxyl groups is 1. The van der Waals surface area contributed by atoms with E-state index in [1.54, 1.807) is 12.1 Å². The van der Waals surface area contributed by atoms with Crippen molar-refractivity contribution in [3.63, 3.8) is 0 Å². The minimum atomic E-state index is -0.506. The summed E-state index contributed by atoms with van der Waals surface area (Å²) in [6, 6.07) is 13.4. The van der Waals surface area contributed by atoms with Gasteiger partial charge in [-0.25, -0.2) is 0 Å². The van der Waals surface area contributed by atoms with E-state index in [4.69, 9.17) is 5.11 Å². The van der Waals surface area contributed by atoms with Crippen LogP contribution in [0.25, 0.3) is 0 Å². The average Bonchev–Trinajstić information content (AvgIpc) is 2.55. The number of para-hydroxylation sites is 1. The molecule has 2 aromatic carbocycles. The molecule has 2 rings (SSSR count). The highest BCUT2D eigenvalue weighted by molar-refractivity contribution is 5.91. The number of carbonyl (C=O) groups is 1. The second kappa shape index (κ2) is 7.90. The Kier molecular flexibility index (Phi) is 5.65. The molecule has 0 saturated carbocycles. The molecule has 0 spiro atoms. The summed E-state index contributed by atoms with van der Waals surface area (Å²) < 4.78 is 0. The van der Waals surface area contributed by atoms with Gasteiger partial charge >= 0.3 is 0 Å². The largest absolute Gasteiger partial charge is 0.392 e. The van der Waals surface area contributed by atoms with Gasteiger partial charge < -0.3 is 15.7 Å². The lowest BCUT2D eigenvalue weighted by molar-refractivity contribution is -0.384. The van der Waals surface area contributed by atoms with Crippen molar-refractivity contribution in [2.45, 2.75) is 13.0 Å². The Morgan fingerprint density at radius 3 is 2.57 bits per heavy atom. The van der Waals surface area contributed by atoms with Gasteiger partial charge in [-0.05, 0) is 29.8 Å². The monoisotopic (exact) mass is 315 g/mol. The molecular formula is C16H17N3O4. The molecule has 0 bridgehead atoms. The Hall–Kier alpha value is -2.93. The maximum Gasteiger partial charge on any atom is 0.292 e. The standard InChI is InChI=1S/C16H17N3O4/c20-11-12-6-7-15(19(22)23)14(10-12)17-9-8-16(21)18-13-4-2-1-3-5-13/h1-7,10,17,20H,8-9,11H2,(H,18,21). The molecule has 0 aromatic heterocycles. The summed E-state index contributed by atoms with van der Waals surface area (Å²) in [5.41, 5.74) is 1.46. The van der Waals surface area contributed by atoms with Crippen molar-refractivity contribution in [1.29, 1.82) is 0 Å². The number of aliphatic hydroxyl groups excluding tert-OH is 1. The lowest BCUT2D eigenvalue weighted by Crippen LogP contribution is -2.16. The van der Waals surface area contributed by atoms with Crippen LogP contribution in [0.3, 0.4) is 0 Å². The van der Waals surface area contributed by atoms with E-state index < -0.39 is 4.92 Å². The molecule has 23 heavy (non-hydrogen) atoms. The molecule has 0 fully saturated rings. The molecule has 2 aromatic rings. The highest BCUT2D eigenvalue weighted by atomic mass is 16.6. The van der Waals surface area contributed by atoms with Gasteiger partial charge in [0.25, 0.3) is 5.69 Å². The zero-order chi connectivity index (χ0) is 16.7. The molecule has 0 heterocycles. The third-order valence-corrected chi connectivity index (χ3v) is 3.17. The molecule has 0 radical (unpaired) electrons. The highest BCUT2D eigenvalue weighted by Crippen LogP contribution is 2.25. The number of nitro groups is 1. The van der Waals surface area contributed by atoms with Gasteiger partial charge in [0, 0.05) is 24.7 Å². The van der Waals surface area contributed by atoms with Crippen molar-refractivity contribution in [2.24, 2.45) is 0 Å². The molecular weight excluding hydrogens is 298 g/mol. The maximum atomic E-state index is 11.8. The van der Waals surface area contributed by atoms with E-state index in [1.165, 1.54) is 18.2 Å². The van der Waals surface area contributed by atoms with Crippen LogP contribution in [-0.4, -0.2) is 22.5 Å². The first kappa shape index (κ1) is 16.4. The minimum Gasteiger partial charge on any atom is -0.392 e. The number of rotatable bonds is 7. The van der Waals surface area contributed by atoms with E-state index in [-0.39, 0.29) is 36.9 Å². The first-order valence-electron chi connectivity index (χ1n) is 7.07. The molecule has 7 heteroatoms. The van der Waals surface area contributed by atoms with Gasteiger partial charge in [-0.2, -0.15) is 0 Å². The molecule has 7 nitrogen and oxygen atoms in total. The maximum absolute atomic E-state index is 11.8. The zero-order valence-corrected chi connectivity index (χ0v) is 12.4. The van der Waals surface area contributed by atoms with Crippen LogP contribution in [0.15, 0.2) is 48.5 Å². The molecule has 0 aliphatic carbocycles. The summed E-state index contributed by atoms with van der Waals surface area (Å²) in [6.45, 7) is 0.0373. The summed E-state index contributed by atoms with van der Waals surface area (Å²) >= 11 is 0. The van der Waals surface area contributed by atoms with Crippen molar-refractivity contribution in [2.75, 3.05) is 17.2 Å². The number of carbonyl (C=O) groups excluding carboxylic acids is 1. The number of hydrogen-bond acceptors (Lipinski definition) is 5. The van der Waals surface area contributed by atoms with Crippen LogP contribution >= 0.6 is 0 Å². The summed E-state index contributed by atoms with van der Waals surface area (Å²) in [7, 11) is 0. The number of nitro benzene ring substituents is 1. The average molecular weight is 315 g/mol. The van der Waals surface area contributed by atoms with E-state index in [0.29, 0.717) is 11.3 Å². The Labute approximate surface area is 133 Å². The topological polar surface area (TPSA) is 104 Å². The number of amides is 1. The lowest BCUT2D eigenvalue weighted by Gasteiger charge is -2.09. The second-order valence-electron chi connectivity index (χ2n) is 4.86. The van der Waals surface area contributed by atoms with Crippen LogP contribution in [0.4, 0.5) is 17.1 Å². The smallest absolute Gasteiger partial charge is 0.292 e. The van der Waals surface area contributed by atoms with E-state index in [9.17, 15) is 14.9 Å². The van der Waals surface area contributed by atoms with Crippen molar-refractivity contribution in [3.05, 3.63) is 64.2 Å².